The van der Waals surface area contributed by atoms with Crippen LogP contribution in [0.15, 0.2) is 24.3 Å². The number of halogens is 1. The van der Waals surface area contributed by atoms with E-state index in [2.05, 4.69) is 5.32 Å². The van der Waals surface area contributed by atoms with Crippen LogP contribution in [0.1, 0.15) is 44.1 Å². The van der Waals surface area contributed by atoms with Crippen LogP contribution in [0, 0.1) is 0 Å². The van der Waals surface area contributed by atoms with Crippen LogP contribution in [-0.4, -0.2) is 25.2 Å². The highest BCUT2D eigenvalue weighted by Gasteiger charge is 2.53. The third kappa shape index (κ3) is 2.82. The summed E-state index contributed by atoms with van der Waals surface area (Å²) in [6.07, 6.45) is 6.20. The maximum atomic E-state index is 12.8. The molecule has 0 aromatic heterocycles. The fourth-order valence-corrected chi connectivity index (χ4v) is 3.66. The topological polar surface area (TPSA) is 38.3 Å². The van der Waals surface area contributed by atoms with Gasteiger partial charge in [0.05, 0.1) is 17.6 Å². The van der Waals surface area contributed by atoms with Crippen LogP contribution in [0.5, 0.6) is 0 Å². The van der Waals surface area contributed by atoms with E-state index in [0.717, 1.165) is 44.1 Å². The molecule has 2 saturated carbocycles. The zero-order chi connectivity index (χ0) is 14.9. The largest absolute Gasteiger partial charge is 0.382 e. The van der Waals surface area contributed by atoms with Crippen molar-refractivity contribution in [3.63, 3.8) is 0 Å². The molecule has 3 nitrogen and oxygen atoms in total. The van der Waals surface area contributed by atoms with E-state index < -0.39 is 0 Å². The normalized spacial score (nSPS) is 22.0. The number of methoxy groups -OCH3 is 1. The average molecular weight is 308 g/mol. The molecule has 0 aliphatic heterocycles. The van der Waals surface area contributed by atoms with Gasteiger partial charge in [-0.25, -0.2) is 0 Å². The van der Waals surface area contributed by atoms with Crippen molar-refractivity contribution < 1.29 is 9.53 Å². The minimum Gasteiger partial charge on any atom is -0.382 e. The Morgan fingerprint density at radius 3 is 2.33 bits per heavy atom. The van der Waals surface area contributed by atoms with Gasteiger partial charge in [-0.3, -0.25) is 4.79 Å². The minimum absolute atomic E-state index is 0.156. The number of nitrogens with one attached hydrogen (secondary N) is 1. The van der Waals surface area contributed by atoms with Gasteiger partial charge in [0.25, 0.3) is 0 Å². The highest BCUT2D eigenvalue weighted by molar-refractivity contribution is 6.30. The van der Waals surface area contributed by atoms with Gasteiger partial charge in [-0.05, 0) is 43.4 Å². The highest BCUT2D eigenvalue weighted by atomic mass is 35.5. The van der Waals surface area contributed by atoms with Crippen LogP contribution in [0.2, 0.25) is 5.02 Å². The molecule has 0 spiro atoms. The summed E-state index contributed by atoms with van der Waals surface area (Å²) in [7, 11) is 1.71. The predicted octanol–water partition coefficient (Wildman–Crippen LogP) is 3.45. The summed E-state index contributed by atoms with van der Waals surface area (Å²) >= 11 is 5.95. The van der Waals surface area contributed by atoms with Crippen molar-refractivity contribution in [3.8, 4) is 0 Å². The van der Waals surface area contributed by atoms with Gasteiger partial charge in [0, 0.05) is 12.1 Å². The summed E-state index contributed by atoms with van der Waals surface area (Å²) in [6.45, 7) is 0.607. The summed E-state index contributed by atoms with van der Waals surface area (Å²) in [5, 5.41) is 4.02. The fraction of sp³-hybridized carbons (Fsp3) is 0.588. The maximum Gasteiger partial charge on any atom is 0.231 e. The molecular formula is C17H22ClNO2. The van der Waals surface area contributed by atoms with Crippen molar-refractivity contribution in [2.75, 3.05) is 13.7 Å². The number of ether oxygens (including phenoxy) is 1. The minimum atomic E-state index is -0.339. The van der Waals surface area contributed by atoms with Gasteiger partial charge in [0.2, 0.25) is 5.91 Å². The second-order valence-corrected chi connectivity index (χ2v) is 6.90. The van der Waals surface area contributed by atoms with E-state index in [-0.39, 0.29) is 16.9 Å². The lowest BCUT2D eigenvalue weighted by Crippen LogP contribution is -2.52. The first-order valence-electron chi connectivity index (χ1n) is 7.68. The molecular weight excluding hydrogens is 286 g/mol. The Labute approximate surface area is 131 Å². The molecule has 0 atom stereocenters. The third-order valence-electron chi connectivity index (χ3n) is 4.94. The third-order valence-corrected chi connectivity index (χ3v) is 5.19. The number of carbonyl (C=O) groups is 1. The van der Waals surface area contributed by atoms with E-state index in [4.69, 9.17) is 16.3 Å². The molecule has 2 aliphatic carbocycles. The van der Waals surface area contributed by atoms with Crippen LogP contribution < -0.4 is 5.32 Å². The van der Waals surface area contributed by atoms with Gasteiger partial charge in [0.15, 0.2) is 0 Å². The van der Waals surface area contributed by atoms with Crippen LogP contribution >= 0.6 is 11.6 Å². The van der Waals surface area contributed by atoms with Crippen LogP contribution in [0.25, 0.3) is 0 Å². The maximum absolute atomic E-state index is 12.8. The van der Waals surface area contributed by atoms with Gasteiger partial charge in [-0.1, -0.05) is 36.6 Å². The van der Waals surface area contributed by atoms with E-state index in [0.29, 0.717) is 11.6 Å². The zero-order valence-corrected chi connectivity index (χ0v) is 13.2. The number of hydrogen-bond acceptors (Lipinski definition) is 2. The number of rotatable bonds is 5. The number of carbonyl (C=O) groups excluding carboxylic acids is 1. The molecule has 0 bridgehead atoms. The molecule has 1 amide bonds. The van der Waals surface area contributed by atoms with E-state index in [1.165, 1.54) is 0 Å². The first kappa shape index (κ1) is 14.9. The standard InChI is InChI=1S/C17H22ClNO2/c1-21-12-16(8-2-3-9-16)19-15(20)17(10-11-17)13-4-6-14(18)7-5-13/h4-7H,2-3,8-12H2,1H3,(H,19,20). The zero-order valence-electron chi connectivity index (χ0n) is 12.5. The van der Waals surface area contributed by atoms with E-state index in [1.54, 1.807) is 7.11 Å². The lowest BCUT2D eigenvalue weighted by molar-refractivity contribution is -0.126. The molecule has 1 N–H and O–H groups in total. The number of hydrogen-bond donors (Lipinski definition) is 1. The van der Waals surface area contributed by atoms with Crippen LogP contribution in [-0.2, 0) is 14.9 Å². The second kappa shape index (κ2) is 5.62. The molecule has 4 heteroatoms. The molecule has 1 aromatic rings. The van der Waals surface area contributed by atoms with E-state index in [9.17, 15) is 4.79 Å². The lowest BCUT2D eigenvalue weighted by Gasteiger charge is -2.31. The smallest absolute Gasteiger partial charge is 0.231 e. The predicted molar refractivity (Wildman–Crippen MR) is 83.6 cm³/mol. The second-order valence-electron chi connectivity index (χ2n) is 6.46. The summed E-state index contributed by atoms with van der Waals surface area (Å²) in [6, 6.07) is 7.69. The molecule has 0 saturated heterocycles. The molecule has 1 aromatic carbocycles. The Hall–Kier alpha value is -1.06. The molecule has 114 valence electrons. The lowest BCUT2D eigenvalue weighted by atomic mass is 9.91. The quantitative estimate of drug-likeness (QED) is 0.905. The van der Waals surface area contributed by atoms with Gasteiger partial charge < -0.3 is 10.1 Å². The number of benzene rings is 1. The van der Waals surface area contributed by atoms with Gasteiger partial charge >= 0.3 is 0 Å². The van der Waals surface area contributed by atoms with Gasteiger partial charge in [-0.15, -0.1) is 0 Å². The van der Waals surface area contributed by atoms with Crippen molar-refractivity contribution in [3.05, 3.63) is 34.9 Å². The van der Waals surface area contributed by atoms with Crippen molar-refractivity contribution in [2.45, 2.75) is 49.5 Å². The first-order valence-corrected chi connectivity index (χ1v) is 8.06. The van der Waals surface area contributed by atoms with Crippen molar-refractivity contribution in [1.29, 1.82) is 0 Å². The van der Waals surface area contributed by atoms with E-state index in [1.807, 2.05) is 24.3 Å². The molecule has 2 fully saturated rings. The van der Waals surface area contributed by atoms with Crippen molar-refractivity contribution >= 4 is 17.5 Å². The van der Waals surface area contributed by atoms with Crippen LogP contribution in [0.4, 0.5) is 0 Å². The summed E-state index contributed by atoms with van der Waals surface area (Å²) in [5.41, 5.74) is 0.580. The summed E-state index contributed by atoms with van der Waals surface area (Å²) < 4.78 is 5.35. The number of amides is 1. The Morgan fingerprint density at radius 2 is 1.81 bits per heavy atom. The monoisotopic (exact) mass is 307 g/mol. The Kier molecular flexibility index (Phi) is 3.98. The van der Waals surface area contributed by atoms with E-state index >= 15 is 0 Å². The molecule has 3 rings (SSSR count). The van der Waals surface area contributed by atoms with Crippen LogP contribution in [0.3, 0.4) is 0 Å². The fourth-order valence-electron chi connectivity index (χ4n) is 3.53. The van der Waals surface area contributed by atoms with Gasteiger partial charge in [0.1, 0.15) is 0 Å². The summed E-state index contributed by atoms with van der Waals surface area (Å²) in [5.74, 6) is 0.156. The van der Waals surface area contributed by atoms with Crippen molar-refractivity contribution in [2.24, 2.45) is 0 Å². The Balaban J connectivity index is 1.76. The molecule has 2 aliphatic rings. The molecule has 0 heterocycles. The van der Waals surface area contributed by atoms with Crippen molar-refractivity contribution in [1.82, 2.24) is 5.32 Å². The Bertz CT molecular complexity index is 516. The average Bonchev–Trinajstić information content (AvgIpc) is 3.16. The SMILES string of the molecule is COCC1(NC(=O)C2(c3ccc(Cl)cc3)CC2)CCCC1. The Morgan fingerprint density at radius 1 is 1.19 bits per heavy atom. The van der Waals surface area contributed by atoms with Gasteiger partial charge in [-0.2, -0.15) is 0 Å². The summed E-state index contributed by atoms with van der Waals surface area (Å²) in [4.78, 5) is 12.8. The first-order chi connectivity index (χ1) is 10.1. The molecule has 21 heavy (non-hydrogen) atoms. The molecule has 0 unspecified atom stereocenters. The molecule has 0 radical (unpaired) electrons. The highest BCUT2D eigenvalue weighted by Crippen LogP contribution is 2.49.